The van der Waals surface area contributed by atoms with E-state index in [1.54, 1.807) is 13.8 Å². The third-order valence-electron chi connectivity index (χ3n) is 1.20. The van der Waals surface area contributed by atoms with Gasteiger partial charge in [0.25, 0.3) is 5.78 Å². The zero-order chi connectivity index (χ0) is 11.1. The lowest BCUT2D eigenvalue weighted by molar-refractivity contribution is -0.157. The van der Waals surface area contributed by atoms with Crippen LogP contribution in [0.15, 0.2) is 0 Å². The molecule has 0 aliphatic rings. The maximum atomic E-state index is 11.0. The SMILES string of the molecule is CCOC(=O)C(=O)[C@H](Cl)C(=O)OCC. The van der Waals surface area contributed by atoms with Crippen LogP contribution in [-0.4, -0.2) is 36.3 Å². The van der Waals surface area contributed by atoms with Crippen molar-refractivity contribution in [2.75, 3.05) is 13.2 Å². The molecule has 0 aromatic rings. The standard InChI is InChI=1S/C8H11ClO5/c1-3-13-7(11)5(9)6(10)8(12)14-4-2/h5H,3-4H2,1-2H3/t5-/m0/s1. The fourth-order valence-corrected chi connectivity index (χ4v) is 0.780. The van der Waals surface area contributed by atoms with Crippen LogP contribution in [0.1, 0.15) is 13.8 Å². The molecule has 80 valence electrons. The molecule has 0 aliphatic heterocycles. The Balaban J connectivity index is 4.24. The number of ether oxygens (including phenoxy) is 2. The molecule has 0 aromatic carbocycles. The average Bonchev–Trinajstić information content (AvgIpc) is 2.16. The summed E-state index contributed by atoms with van der Waals surface area (Å²) in [5, 5.41) is -1.62. The van der Waals surface area contributed by atoms with Gasteiger partial charge in [-0.3, -0.25) is 4.79 Å². The molecule has 14 heavy (non-hydrogen) atoms. The molecule has 0 saturated heterocycles. The van der Waals surface area contributed by atoms with Gasteiger partial charge in [0.1, 0.15) is 0 Å². The van der Waals surface area contributed by atoms with E-state index >= 15 is 0 Å². The predicted octanol–water partition coefficient (Wildman–Crippen LogP) is 0.289. The van der Waals surface area contributed by atoms with Crippen LogP contribution >= 0.6 is 11.6 Å². The summed E-state index contributed by atoms with van der Waals surface area (Å²) in [5.74, 6) is -3.17. The summed E-state index contributed by atoms with van der Waals surface area (Å²) in [6, 6.07) is 0. The maximum absolute atomic E-state index is 11.0. The molecule has 0 heterocycles. The number of carbonyl (C=O) groups excluding carboxylic acids is 3. The van der Waals surface area contributed by atoms with E-state index < -0.39 is 23.1 Å². The van der Waals surface area contributed by atoms with Crippen molar-refractivity contribution in [3.05, 3.63) is 0 Å². The number of ketones is 1. The van der Waals surface area contributed by atoms with Crippen LogP contribution in [0.2, 0.25) is 0 Å². The second-order valence-corrected chi connectivity index (χ2v) is 2.64. The molecule has 0 bridgehead atoms. The Morgan fingerprint density at radius 3 is 2.07 bits per heavy atom. The van der Waals surface area contributed by atoms with Gasteiger partial charge in [-0.05, 0) is 13.8 Å². The van der Waals surface area contributed by atoms with Gasteiger partial charge in [-0.1, -0.05) is 0 Å². The molecule has 1 atom stereocenters. The minimum atomic E-state index is -1.62. The second-order valence-electron chi connectivity index (χ2n) is 2.20. The molecule has 0 radical (unpaired) electrons. The molecule has 0 aromatic heterocycles. The van der Waals surface area contributed by atoms with E-state index in [0.29, 0.717) is 0 Å². The Morgan fingerprint density at radius 2 is 1.64 bits per heavy atom. The summed E-state index contributed by atoms with van der Waals surface area (Å²) in [6.07, 6.45) is 0. The average molecular weight is 223 g/mol. The van der Waals surface area contributed by atoms with Gasteiger partial charge in [0.15, 0.2) is 0 Å². The van der Waals surface area contributed by atoms with Crippen molar-refractivity contribution in [1.82, 2.24) is 0 Å². The molecule has 5 nitrogen and oxygen atoms in total. The first-order valence-electron chi connectivity index (χ1n) is 4.06. The fourth-order valence-electron chi connectivity index (χ4n) is 0.628. The highest BCUT2D eigenvalue weighted by atomic mass is 35.5. The van der Waals surface area contributed by atoms with Crippen LogP contribution in [0.5, 0.6) is 0 Å². The van der Waals surface area contributed by atoms with E-state index in [-0.39, 0.29) is 13.2 Å². The smallest absolute Gasteiger partial charge is 0.376 e. The number of hydrogen-bond donors (Lipinski definition) is 0. The van der Waals surface area contributed by atoms with Gasteiger partial charge in [-0.2, -0.15) is 0 Å². The van der Waals surface area contributed by atoms with Crippen LogP contribution in [0.3, 0.4) is 0 Å². The Bertz CT molecular complexity index is 238. The van der Waals surface area contributed by atoms with Crippen molar-refractivity contribution in [1.29, 1.82) is 0 Å². The molecule has 0 saturated carbocycles. The highest BCUT2D eigenvalue weighted by Crippen LogP contribution is 2.02. The lowest BCUT2D eigenvalue weighted by Crippen LogP contribution is -2.33. The maximum Gasteiger partial charge on any atom is 0.376 e. The van der Waals surface area contributed by atoms with Crippen LogP contribution in [0.25, 0.3) is 0 Å². The van der Waals surface area contributed by atoms with E-state index in [4.69, 9.17) is 11.6 Å². The van der Waals surface area contributed by atoms with Crippen LogP contribution in [0.4, 0.5) is 0 Å². The molecule has 0 unspecified atom stereocenters. The minimum Gasteiger partial charge on any atom is -0.465 e. The lowest BCUT2D eigenvalue weighted by Gasteiger charge is -2.06. The molecule has 0 fully saturated rings. The van der Waals surface area contributed by atoms with Crippen LogP contribution in [0, 0.1) is 0 Å². The summed E-state index contributed by atoms with van der Waals surface area (Å²) >= 11 is 5.37. The number of esters is 2. The number of hydrogen-bond acceptors (Lipinski definition) is 5. The third-order valence-corrected chi connectivity index (χ3v) is 1.58. The summed E-state index contributed by atoms with van der Waals surface area (Å²) < 4.78 is 8.83. The van der Waals surface area contributed by atoms with Crippen LogP contribution in [-0.2, 0) is 23.9 Å². The van der Waals surface area contributed by atoms with E-state index in [2.05, 4.69) is 9.47 Å². The Morgan fingerprint density at radius 1 is 1.14 bits per heavy atom. The monoisotopic (exact) mass is 222 g/mol. The zero-order valence-corrected chi connectivity index (χ0v) is 8.67. The predicted molar refractivity (Wildman–Crippen MR) is 47.9 cm³/mol. The van der Waals surface area contributed by atoms with Crippen molar-refractivity contribution < 1.29 is 23.9 Å². The summed E-state index contributed by atoms with van der Waals surface area (Å²) in [5.41, 5.74) is 0. The normalized spacial score (nSPS) is 11.6. The highest BCUT2D eigenvalue weighted by molar-refractivity contribution is 6.54. The van der Waals surface area contributed by atoms with Gasteiger partial charge >= 0.3 is 11.9 Å². The van der Waals surface area contributed by atoms with Crippen molar-refractivity contribution in [2.24, 2.45) is 0 Å². The van der Waals surface area contributed by atoms with Gasteiger partial charge in [-0.15, -0.1) is 11.6 Å². The van der Waals surface area contributed by atoms with E-state index in [1.165, 1.54) is 0 Å². The van der Waals surface area contributed by atoms with Gasteiger partial charge < -0.3 is 9.47 Å². The topological polar surface area (TPSA) is 69.7 Å². The first-order chi connectivity index (χ1) is 6.54. The third kappa shape index (κ3) is 3.74. The van der Waals surface area contributed by atoms with Crippen molar-refractivity contribution in [3.63, 3.8) is 0 Å². The fraction of sp³-hybridized carbons (Fsp3) is 0.625. The number of carbonyl (C=O) groups is 3. The lowest BCUT2D eigenvalue weighted by atomic mass is 10.3. The summed E-state index contributed by atoms with van der Waals surface area (Å²) in [4.78, 5) is 32.8. The van der Waals surface area contributed by atoms with Crippen molar-refractivity contribution in [3.8, 4) is 0 Å². The van der Waals surface area contributed by atoms with E-state index in [0.717, 1.165) is 0 Å². The molecule has 0 rings (SSSR count). The molecule has 6 heteroatoms. The van der Waals surface area contributed by atoms with Gasteiger partial charge in [0.2, 0.25) is 5.38 Å². The molecule has 0 N–H and O–H groups in total. The summed E-state index contributed by atoms with van der Waals surface area (Å²) in [6.45, 7) is 3.25. The Kier molecular flexibility index (Phi) is 5.87. The Labute approximate surface area is 86.3 Å². The first kappa shape index (κ1) is 12.9. The summed E-state index contributed by atoms with van der Waals surface area (Å²) in [7, 11) is 0. The number of halogens is 1. The molecule has 0 amide bonds. The van der Waals surface area contributed by atoms with Crippen molar-refractivity contribution >= 4 is 29.3 Å². The number of Topliss-reactive ketones (excluding diaryl/α,β-unsaturated/α-hetero) is 1. The molecule has 0 aliphatic carbocycles. The van der Waals surface area contributed by atoms with Crippen molar-refractivity contribution in [2.45, 2.75) is 19.2 Å². The first-order valence-corrected chi connectivity index (χ1v) is 4.49. The molecular weight excluding hydrogens is 212 g/mol. The number of rotatable bonds is 5. The quantitative estimate of drug-likeness (QED) is 0.289. The Hall–Kier alpha value is -1.10. The molecular formula is C8H11ClO5. The van der Waals surface area contributed by atoms with Gasteiger partial charge in [0.05, 0.1) is 13.2 Å². The second kappa shape index (κ2) is 6.37. The largest absolute Gasteiger partial charge is 0.465 e. The zero-order valence-electron chi connectivity index (χ0n) is 7.91. The van der Waals surface area contributed by atoms with Gasteiger partial charge in [-0.25, -0.2) is 9.59 Å². The van der Waals surface area contributed by atoms with Gasteiger partial charge in [0, 0.05) is 0 Å². The van der Waals surface area contributed by atoms with E-state index in [9.17, 15) is 14.4 Å². The van der Waals surface area contributed by atoms with Crippen LogP contribution < -0.4 is 0 Å². The number of alkyl halides is 1. The van der Waals surface area contributed by atoms with E-state index in [1.807, 2.05) is 0 Å². The minimum absolute atomic E-state index is 0.0526. The highest BCUT2D eigenvalue weighted by Gasteiger charge is 2.31. The molecule has 0 spiro atoms.